The van der Waals surface area contributed by atoms with Gasteiger partial charge in [-0.05, 0) is 50.4 Å². The number of carbonyl (C=O) groups excluding carboxylic acids is 1. The molecule has 200 valence electrons. The summed E-state index contributed by atoms with van der Waals surface area (Å²) in [5, 5.41) is 14.5. The van der Waals surface area contributed by atoms with E-state index in [1.54, 1.807) is 24.4 Å². The average Bonchev–Trinajstić information content (AvgIpc) is 3.43. The first kappa shape index (κ1) is 25.9. The zero-order valence-corrected chi connectivity index (χ0v) is 21.9. The molecule has 3 fully saturated rings. The van der Waals surface area contributed by atoms with Crippen molar-refractivity contribution in [1.29, 1.82) is 0 Å². The van der Waals surface area contributed by atoms with Crippen LogP contribution in [-0.4, -0.2) is 77.0 Å². The molecule has 10 heteroatoms. The van der Waals surface area contributed by atoms with Gasteiger partial charge in [0.15, 0.2) is 0 Å². The Bertz CT molecular complexity index is 1100. The van der Waals surface area contributed by atoms with E-state index in [-0.39, 0.29) is 24.0 Å². The molecule has 3 heterocycles. The molecule has 1 aromatic carbocycles. The Morgan fingerprint density at radius 1 is 1.05 bits per heavy atom. The largest absolute Gasteiger partial charge is 0.353 e. The van der Waals surface area contributed by atoms with Crippen molar-refractivity contribution in [3.05, 3.63) is 62.8 Å². The molecule has 0 radical (unpaired) electrons. The van der Waals surface area contributed by atoms with E-state index in [0.29, 0.717) is 16.6 Å². The average molecular weight is 529 g/mol. The number of pyridine rings is 1. The number of non-ortho nitro benzene ring substituents is 1. The number of amides is 1. The van der Waals surface area contributed by atoms with E-state index in [9.17, 15) is 14.9 Å². The van der Waals surface area contributed by atoms with E-state index in [2.05, 4.69) is 25.0 Å². The lowest BCUT2D eigenvalue weighted by Gasteiger charge is -2.43. The number of aromatic nitrogens is 1. The fourth-order valence-electron chi connectivity index (χ4n) is 5.85. The van der Waals surface area contributed by atoms with Gasteiger partial charge >= 0.3 is 0 Å². The summed E-state index contributed by atoms with van der Waals surface area (Å²) in [5.41, 5.74) is 1.78. The Labute approximate surface area is 224 Å². The second-order valence-corrected chi connectivity index (χ2v) is 10.8. The third-order valence-corrected chi connectivity index (χ3v) is 8.29. The first-order valence-electron chi connectivity index (χ1n) is 13.4. The van der Waals surface area contributed by atoms with Crippen LogP contribution in [0.1, 0.15) is 55.9 Å². The van der Waals surface area contributed by atoms with Gasteiger partial charge in [-0.2, -0.15) is 0 Å². The van der Waals surface area contributed by atoms with Gasteiger partial charge in [-0.15, -0.1) is 0 Å². The Morgan fingerprint density at radius 3 is 2.35 bits per heavy atom. The minimum Gasteiger partial charge on any atom is -0.353 e. The molecular formula is C27H37ClN6O3. The van der Waals surface area contributed by atoms with Crippen LogP contribution >= 0.6 is 11.6 Å². The molecule has 0 atom stereocenters. The molecular weight excluding hydrogens is 492 g/mol. The topological polar surface area (TPSA) is 94.9 Å². The van der Waals surface area contributed by atoms with Gasteiger partial charge in [0.2, 0.25) is 0 Å². The molecule has 2 saturated heterocycles. The number of nitrogens with zero attached hydrogens (tertiary/aromatic N) is 5. The first-order chi connectivity index (χ1) is 18.0. The number of likely N-dealkylation sites (tertiary alicyclic amines) is 1. The van der Waals surface area contributed by atoms with Crippen molar-refractivity contribution in [3.8, 4) is 0 Å². The van der Waals surface area contributed by atoms with E-state index in [4.69, 9.17) is 11.6 Å². The predicted octanol–water partition coefficient (Wildman–Crippen LogP) is 4.35. The summed E-state index contributed by atoms with van der Waals surface area (Å²) in [7, 11) is 0. The SMILES string of the molecule is O=C(NC1CCCC1)c1cnc(N2CCN(C3CCN(Cc4ccc([N+](=O)[O-])cc4)CC3)CC2)c(Cl)c1.[HH]. The highest BCUT2D eigenvalue weighted by molar-refractivity contribution is 6.33. The van der Waals surface area contributed by atoms with Crippen molar-refractivity contribution in [2.24, 2.45) is 0 Å². The van der Waals surface area contributed by atoms with Gasteiger partial charge < -0.3 is 10.2 Å². The number of rotatable bonds is 7. The van der Waals surface area contributed by atoms with Crippen LogP contribution in [0.15, 0.2) is 36.5 Å². The van der Waals surface area contributed by atoms with E-state index in [1.807, 2.05) is 12.1 Å². The monoisotopic (exact) mass is 528 g/mol. The third kappa shape index (κ3) is 6.40. The van der Waals surface area contributed by atoms with Crippen LogP contribution in [0.25, 0.3) is 0 Å². The maximum atomic E-state index is 12.6. The van der Waals surface area contributed by atoms with Crippen molar-refractivity contribution < 1.29 is 11.1 Å². The summed E-state index contributed by atoms with van der Waals surface area (Å²) in [6, 6.07) is 9.48. The van der Waals surface area contributed by atoms with Gasteiger partial charge in [-0.1, -0.05) is 36.6 Å². The van der Waals surface area contributed by atoms with Gasteiger partial charge in [0, 0.05) is 64.6 Å². The van der Waals surface area contributed by atoms with Crippen LogP contribution in [0.2, 0.25) is 5.02 Å². The number of hydrogen-bond acceptors (Lipinski definition) is 7. The molecule has 1 aliphatic carbocycles. The Hall–Kier alpha value is -2.75. The third-order valence-electron chi connectivity index (χ3n) is 8.01. The molecule has 0 unspecified atom stereocenters. The lowest BCUT2D eigenvalue weighted by molar-refractivity contribution is -0.384. The van der Waals surface area contributed by atoms with Crippen molar-refractivity contribution in [1.82, 2.24) is 20.1 Å². The Balaban J connectivity index is 0.00000336. The van der Waals surface area contributed by atoms with Gasteiger partial charge in [-0.25, -0.2) is 4.98 Å². The number of benzene rings is 1. The standard InChI is InChI=1S/C27H35ClN6O3.H2/c28-25-17-21(27(35)30-22-3-1-2-4-22)18-29-26(25)33-15-13-32(14-16-33)23-9-11-31(12-10-23)19-20-5-7-24(8-6-20)34(36)37;/h5-8,17-18,22-23H,1-4,9-16,19H2,(H,30,35);1H. The maximum Gasteiger partial charge on any atom is 0.269 e. The summed E-state index contributed by atoms with van der Waals surface area (Å²) < 4.78 is 0. The molecule has 5 rings (SSSR count). The van der Waals surface area contributed by atoms with Crippen molar-refractivity contribution in [2.45, 2.75) is 57.2 Å². The summed E-state index contributed by atoms with van der Waals surface area (Å²) in [6.07, 6.45) is 8.35. The molecule has 9 nitrogen and oxygen atoms in total. The number of piperidine rings is 1. The van der Waals surface area contributed by atoms with Crippen LogP contribution in [0, 0.1) is 10.1 Å². The Morgan fingerprint density at radius 2 is 1.73 bits per heavy atom. The smallest absolute Gasteiger partial charge is 0.269 e. The predicted molar refractivity (Wildman–Crippen MR) is 146 cm³/mol. The van der Waals surface area contributed by atoms with E-state index >= 15 is 0 Å². The molecule has 1 saturated carbocycles. The van der Waals surface area contributed by atoms with Crippen LogP contribution in [-0.2, 0) is 6.54 Å². The van der Waals surface area contributed by atoms with Gasteiger partial charge in [0.25, 0.3) is 11.6 Å². The lowest BCUT2D eigenvalue weighted by atomic mass is 10.0. The van der Waals surface area contributed by atoms with Crippen LogP contribution in [0.3, 0.4) is 0 Å². The molecule has 2 aliphatic heterocycles. The zero-order chi connectivity index (χ0) is 25.8. The number of piperazine rings is 1. The van der Waals surface area contributed by atoms with Crippen LogP contribution < -0.4 is 10.2 Å². The second kappa shape index (κ2) is 11.8. The van der Waals surface area contributed by atoms with Crippen molar-refractivity contribution >= 4 is 29.0 Å². The number of anilines is 1. The normalized spacial score (nSPS) is 20.3. The molecule has 2 aromatic rings. The summed E-state index contributed by atoms with van der Waals surface area (Å²) >= 11 is 6.58. The van der Waals surface area contributed by atoms with Gasteiger partial charge in [-0.3, -0.25) is 24.7 Å². The van der Waals surface area contributed by atoms with E-state index in [0.717, 1.165) is 82.9 Å². The number of nitro groups is 1. The molecule has 37 heavy (non-hydrogen) atoms. The molecule has 1 aromatic heterocycles. The van der Waals surface area contributed by atoms with Gasteiger partial charge in [0.05, 0.1) is 15.5 Å². The fraction of sp³-hybridized carbons (Fsp3) is 0.556. The van der Waals surface area contributed by atoms with Crippen molar-refractivity contribution in [2.75, 3.05) is 44.2 Å². The number of hydrogen-bond donors (Lipinski definition) is 1. The van der Waals surface area contributed by atoms with Crippen LogP contribution in [0.4, 0.5) is 11.5 Å². The number of carbonyl (C=O) groups is 1. The molecule has 1 amide bonds. The number of nitrogens with one attached hydrogen (secondary N) is 1. The highest BCUT2D eigenvalue weighted by atomic mass is 35.5. The van der Waals surface area contributed by atoms with Crippen molar-refractivity contribution in [3.63, 3.8) is 0 Å². The summed E-state index contributed by atoms with van der Waals surface area (Å²) in [5.74, 6) is 0.675. The molecule has 0 spiro atoms. The lowest BCUT2D eigenvalue weighted by Crippen LogP contribution is -2.53. The molecule has 0 bridgehead atoms. The summed E-state index contributed by atoms with van der Waals surface area (Å²) in [4.78, 5) is 34.9. The number of halogens is 1. The molecule has 3 aliphatic rings. The minimum atomic E-state index is -0.357. The minimum absolute atomic E-state index is 0. The van der Waals surface area contributed by atoms with Crippen LogP contribution in [0.5, 0.6) is 0 Å². The molecule has 1 N–H and O–H groups in total. The van der Waals surface area contributed by atoms with E-state index < -0.39 is 0 Å². The highest BCUT2D eigenvalue weighted by Crippen LogP contribution is 2.27. The fourth-order valence-corrected chi connectivity index (χ4v) is 6.14. The second-order valence-electron chi connectivity index (χ2n) is 10.4. The van der Waals surface area contributed by atoms with Gasteiger partial charge in [0.1, 0.15) is 5.82 Å². The maximum absolute atomic E-state index is 12.6. The Kier molecular flexibility index (Phi) is 8.22. The zero-order valence-electron chi connectivity index (χ0n) is 21.1. The summed E-state index contributed by atoms with van der Waals surface area (Å²) in [6.45, 7) is 6.55. The number of nitro benzene ring substituents is 1. The first-order valence-corrected chi connectivity index (χ1v) is 13.7. The quantitative estimate of drug-likeness (QED) is 0.421. The highest BCUT2D eigenvalue weighted by Gasteiger charge is 2.29. The van der Waals surface area contributed by atoms with E-state index in [1.165, 1.54) is 12.8 Å².